The number of aromatic nitrogens is 2. The third kappa shape index (κ3) is 2.07. The van der Waals surface area contributed by atoms with E-state index in [2.05, 4.69) is 5.10 Å². The van der Waals surface area contributed by atoms with Crippen molar-refractivity contribution in [3.05, 3.63) is 55.5 Å². The zero-order chi connectivity index (χ0) is 12.6. The molecule has 0 aliphatic heterocycles. The number of nitro groups is 1. The standard InChI is InChI=1S/C10H8ClN3O3/c1-6-4-10(15)12-13(6)8-3-2-7(11)5-9(8)14(16)17/h2-5H,1H3,(H,12,15). The molecule has 0 amide bonds. The Balaban J connectivity index is 2.71. The van der Waals surface area contributed by atoms with Gasteiger partial charge in [-0.25, -0.2) is 0 Å². The third-order valence-electron chi connectivity index (χ3n) is 2.29. The predicted molar refractivity (Wildman–Crippen MR) is 62.8 cm³/mol. The van der Waals surface area contributed by atoms with Gasteiger partial charge in [0, 0.05) is 22.8 Å². The molecule has 1 aromatic heterocycles. The summed E-state index contributed by atoms with van der Waals surface area (Å²) in [5.41, 5.74) is 0.388. The van der Waals surface area contributed by atoms with E-state index in [0.29, 0.717) is 5.69 Å². The molecular weight excluding hydrogens is 246 g/mol. The van der Waals surface area contributed by atoms with E-state index in [1.165, 1.54) is 28.9 Å². The van der Waals surface area contributed by atoms with E-state index in [4.69, 9.17) is 11.6 Å². The van der Waals surface area contributed by atoms with Crippen LogP contribution in [0, 0.1) is 17.0 Å². The van der Waals surface area contributed by atoms with Crippen molar-refractivity contribution in [1.82, 2.24) is 9.78 Å². The molecule has 1 N–H and O–H groups in total. The lowest BCUT2D eigenvalue weighted by molar-refractivity contribution is -0.384. The number of halogens is 1. The van der Waals surface area contributed by atoms with E-state index in [0.717, 1.165) is 0 Å². The number of nitro benzene ring substituents is 1. The highest BCUT2D eigenvalue weighted by Crippen LogP contribution is 2.26. The van der Waals surface area contributed by atoms with Crippen LogP contribution in [0.1, 0.15) is 5.69 Å². The SMILES string of the molecule is Cc1cc(=O)[nH]n1-c1ccc(Cl)cc1[N+](=O)[O-]. The molecule has 0 saturated carbocycles. The van der Waals surface area contributed by atoms with Crippen molar-refractivity contribution in [3.63, 3.8) is 0 Å². The molecule has 7 heteroatoms. The lowest BCUT2D eigenvalue weighted by atomic mass is 10.2. The number of aryl methyl sites for hydroxylation is 1. The molecule has 1 heterocycles. The summed E-state index contributed by atoms with van der Waals surface area (Å²) in [4.78, 5) is 21.5. The minimum absolute atomic E-state index is 0.160. The van der Waals surface area contributed by atoms with Gasteiger partial charge in [-0.15, -0.1) is 0 Å². The Morgan fingerprint density at radius 3 is 2.65 bits per heavy atom. The van der Waals surface area contributed by atoms with Crippen LogP contribution >= 0.6 is 11.6 Å². The number of aromatic amines is 1. The third-order valence-corrected chi connectivity index (χ3v) is 2.52. The fourth-order valence-electron chi connectivity index (χ4n) is 1.57. The van der Waals surface area contributed by atoms with Crippen LogP contribution in [0.2, 0.25) is 5.02 Å². The van der Waals surface area contributed by atoms with Gasteiger partial charge < -0.3 is 0 Å². The molecule has 0 unspecified atom stereocenters. The number of nitrogens with one attached hydrogen (secondary N) is 1. The van der Waals surface area contributed by atoms with Crippen LogP contribution < -0.4 is 5.56 Å². The molecule has 0 bridgehead atoms. The maximum Gasteiger partial charge on any atom is 0.296 e. The van der Waals surface area contributed by atoms with E-state index in [-0.39, 0.29) is 22.0 Å². The molecule has 6 nitrogen and oxygen atoms in total. The minimum Gasteiger partial charge on any atom is -0.268 e. The largest absolute Gasteiger partial charge is 0.296 e. The van der Waals surface area contributed by atoms with Crippen molar-refractivity contribution in [3.8, 4) is 5.69 Å². The van der Waals surface area contributed by atoms with Gasteiger partial charge in [0.05, 0.1) is 4.92 Å². The summed E-state index contributed by atoms with van der Waals surface area (Å²) in [7, 11) is 0. The highest BCUT2D eigenvalue weighted by molar-refractivity contribution is 6.30. The molecule has 0 spiro atoms. The van der Waals surface area contributed by atoms with Crippen LogP contribution in [-0.2, 0) is 0 Å². The number of hydrogen-bond acceptors (Lipinski definition) is 3. The van der Waals surface area contributed by atoms with Gasteiger partial charge in [0.15, 0.2) is 0 Å². The Morgan fingerprint density at radius 2 is 2.12 bits per heavy atom. The summed E-state index contributed by atoms with van der Waals surface area (Å²) in [6, 6.07) is 5.62. The Bertz CT molecular complexity index is 644. The van der Waals surface area contributed by atoms with Crippen LogP contribution in [0.4, 0.5) is 5.69 Å². The summed E-state index contributed by atoms with van der Waals surface area (Å²) >= 11 is 5.71. The molecular formula is C10H8ClN3O3. The Morgan fingerprint density at radius 1 is 1.41 bits per heavy atom. The molecule has 0 saturated heterocycles. The summed E-state index contributed by atoms with van der Waals surface area (Å²) < 4.78 is 1.36. The first-order valence-electron chi connectivity index (χ1n) is 4.72. The van der Waals surface area contributed by atoms with Crippen LogP contribution in [0.15, 0.2) is 29.1 Å². The fraction of sp³-hybridized carbons (Fsp3) is 0.100. The maximum atomic E-state index is 11.2. The smallest absolute Gasteiger partial charge is 0.268 e. The molecule has 17 heavy (non-hydrogen) atoms. The average Bonchev–Trinajstić information content (AvgIpc) is 2.57. The summed E-state index contributed by atoms with van der Waals surface area (Å²) in [6.45, 7) is 1.68. The van der Waals surface area contributed by atoms with E-state index in [9.17, 15) is 14.9 Å². The van der Waals surface area contributed by atoms with Gasteiger partial charge >= 0.3 is 0 Å². The Hall–Kier alpha value is -2.08. The van der Waals surface area contributed by atoms with Gasteiger partial charge in [0.25, 0.3) is 11.2 Å². The number of benzene rings is 1. The van der Waals surface area contributed by atoms with Crippen molar-refractivity contribution in [2.75, 3.05) is 0 Å². The topological polar surface area (TPSA) is 80.9 Å². The average molecular weight is 254 g/mol. The Kier molecular flexibility index (Phi) is 2.72. The van der Waals surface area contributed by atoms with Crippen molar-refractivity contribution < 1.29 is 4.92 Å². The maximum absolute atomic E-state index is 11.2. The van der Waals surface area contributed by atoms with Crippen LogP contribution in [0.25, 0.3) is 5.69 Å². The van der Waals surface area contributed by atoms with E-state index in [1.54, 1.807) is 6.92 Å². The van der Waals surface area contributed by atoms with Crippen molar-refractivity contribution in [2.45, 2.75) is 6.92 Å². The molecule has 2 rings (SSSR count). The molecule has 2 aromatic rings. The number of H-pyrrole nitrogens is 1. The van der Waals surface area contributed by atoms with Crippen LogP contribution in [0.3, 0.4) is 0 Å². The first-order chi connectivity index (χ1) is 7.99. The highest BCUT2D eigenvalue weighted by atomic mass is 35.5. The first kappa shape index (κ1) is 11.4. The number of nitrogens with zero attached hydrogens (tertiary/aromatic N) is 2. The van der Waals surface area contributed by atoms with E-state index >= 15 is 0 Å². The zero-order valence-corrected chi connectivity index (χ0v) is 9.56. The quantitative estimate of drug-likeness (QED) is 0.657. The van der Waals surface area contributed by atoms with Gasteiger partial charge in [-0.2, -0.15) is 0 Å². The van der Waals surface area contributed by atoms with Gasteiger partial charge in [-0.05, 0) is 19.1 Å². The molecule has 0 aliphatic rings. The molecule has 0 radical (unpaired) electrons. The molecule has 88 valence electrons. The van der Waals surface area contributed by atoms with Crippen molar-refractivity contribution in [2.24, 2.45) is 0 Å². The first-order valence-corrected chi connectivity index (χ1v) is 5.10. The predicted octanol–water partition coefficient (Wildman–Crippen LogP) is 2.04. The number of rotatable bonds is 2. The second-order valence-electron chi connectivity index (χ2n) is 3.49. The summed E-state index contributed by atoms with van der Waals surface area (Å²) in [5.74, 6) is 0. The van der Waals surface area contributed by atoms with Crippen LogP contribution in [0.5, 0.6) is 0 Å². The van der Waals surface area contributed by atoms with Gasteiger partial charge in [-0.3, -0.25) is 24.7 Å². The lowest BCUT2D eigenvalue weighted by Crippen LogP contribution is -2.06. The fourth-order valence-corrected chi connectivity index (χ4v) is 1.73. The van der Waals surface area contributed by atoms with Crippen LogP contribution in [-0.4, -0.2) is 14.7 Å². The van der Waals surface area contributed by atoms with E-state index in [1.807, 2.05) is 0 Å². The second kappa shape index (κ2) is 4.06. The van der Waals surface area contributed by atoms with Crippen molar-refractivity contribution >= 4 is 17.3 Å². The monoisotopic (exact) mass is 253 g/mol. The second-order valence-corrected chi connectivity index (χ2v) is 3.92. The van der Waals surface area contributed by atoms with E-state index < -0.39 is 4.92 Å². The molecule has 0 fully saturated rings. The van der Waals surface area contributed by atoms with Crippen molar-refractivity contribution in [1.29, 1.82) is 0 Å². The molecule has 0 atom stereocenters. The lowest BCUT2D eigenvalue weighted by Gasteiger charge is -2.06. The minimum atomic E-state index is -0.543. The van der Waals surface area contributed by atoms with Gasteiger partial charge in [-0.1, -0.05) is 11.6 Å². The van der Waals surface area contributed by atoms with Gasteiger partial charge in [0.1, 0.15) is 5.69 Å². The number of hydrogen-bond donors (Lipinski definition) is 1. The molecule has 0 aliphatic carbocycles. The Labute approximate surface area is 101 Å². The zero-order valence-electron chi connectivity index (χ0n) is 8.81. The highest BCUT2D eigenvalue weighted by Gasteiger charge is 2.17. The summed E-state index contributed by atoms with van der Waals surface area (Å²) in [5, 5.41) is 13.7. The molecule has 1 aromatic carbocycles. The normalized spacial score (nSPS) is 10.5. The van der Waals surface area contributed by atoms with Gasteiger partial charge in [0.2, 0.25) is 0 Å². The summed E-state index contributed by atoms with van der Waals surface area (Å²) in [6.07, 6.45) is 0.